The molecule has 3 heterocycles. The van der Waals surface area contributed by atoms with E-state index in [1.165, 1.54) is 0 Å². The zero-order chi connectivity index (χ0) is 23.5. The van der Waals surface area contributed by atoms with Crippen LogP contribution in [-0.2, 0) is 16.1 Å². The summed E-state index contributed by atoms with van der Waals surface area (Å²) in [7, 11) is 0. The Bertz CT molecular complexity index is 1120. The molecule has 0 spiro atoms. The fraction of sp³-hybridized carbons (Fsp3) is 0.458. The minimum Gasteiger partial charge on any atom is -0.425 e. The van der Waals surface area contributed by atoms with Crippen molar-refractivity contribution in [2.45, 2.75) is 59.0 Å². The van der Waals surface area contributed by atoms with Crippen LogP contribution in [-0.4, -0.2) is 44.5 Å². The molecule has 8 nitrogen and oxygen atoms in total. The highest BCUT2D eigenvalue weighted by Crippen LogP contribution is 2.30. The van der Waals surface area contributed by atoms with Gasteiger partial charge in [0.1, 0.15) is 12.0 Å². The quantitative estimate of drug-likeness (QED) is 0.566. The van der Waals surface area contributed by atoms with E-state index in [9.17, 15) is 9.59 Å². The number of carbonyl (C=O) groups is 2. The van der Waals surface area contributed by atoms with E-state index in [-0.39, 0.29) is 17.7 Å². The van der Waals surface area contributed by atoms with Crippen LogP contribution in [0.15, 0.2) is 34.2 Å². The predicted molar refractivity (Wildman–Crippen MR) is 125 cm³/mol. The zero-order valence-electron chi connectivity index (χ0n) is 19.4. The van der Waals surface area contributed by atoms with Crippen molar-refractivity contribution in [1.29, 1.82) is 0 Å². The largest absolute Gasteiger partial charge is 0.425 e. The van der Waals surface area contributed by atoms with Gasteiger partial charge < -0.3 is 14.6 Å². The Morgan fingerprint density at radius 2 is 1.97 bits per heavy atom. The van der Waals surface area contributed by atoms with E-state index >= 15 is 0 Å². The number of aryl methyl sites for hydroxylation is 2. The van der Waals surface area contributed by atoms with Crippen molar-refractivity contribution < 1.29 is 14.0 Å². The Kier molecular flexibility index (Phi) is 6.88. The number of rotatable bonds is 7. The summed E-state index contributed by atoms with van der Waals surface area (Å²) >= 11 is 1.62. The number of hydrogen-bond acceptors (Lipinski definition) is 7. The summed E-state index contributed by atoms with van der Waals surface area (Å²) in [5.41, 5.74) is 4.99. The maximum atomic E-state index is 13.4. The molecule has 2 amide bonds. The second kappa shape index (κ2) is 9.82. The molecule has 1 aromatic carbocycles. The van der Waals surface area contributed by atoms with E-state index in [1.54, 1.807) is 23.2 Å². The monoisotopic (exact) mass is 467 g/mol. The molecule has 1 aliphatic heterocycles. The lowest BCUT2D eigenvalue weighted by molar-refractivity contribution is -0.140. The van der Waals surface area contributed by atoms with Gasteiger partial charge in [-0.05, 0) is 36.8 Å². The molecule has 0 aliphatic carbocycles. The van der Waals surface area contributed by atoms with Crippen LogP contribution < -0.4 is 5.32 Å². The highest BCUT2D eigenvalue weighted by molar-refractivity contribution is 7.13. The van der Waals surface area contributed by atoms with Gasteiger partial charge in [-0.1, -0.05) is 38.1 Å². The third-order valence-corrected chi connectivity index (χ3v) is 6.98. The number of aromatic nitrogens is 3. The number of thiazole rings is 1. The minimum atomic E-state index is -0.553. The first-order chi connectivity index (χ1) is 15.8. The Labute approximate surface area is 197 Å². The van der Waals surface area contributed by atoms with E-state index in [2.05, 4.69) is 20.5 Å². The van der Waals surface area contributed by atoms with Crippen LogP contribution in [0.5, 0.6) is 0 Å². The highest BCUT2D eigenvalue weighted by atomic mass is 32.1. The lowest BCUT2D eigenvalue weighted by Crippen LogP contribution is -2.48. The van der Waals surface area contributed by atoms with Crippen LogP contribution >= 0.6 is 11.3 Å². The number of nitrogens with one attached hydrogen (secondary N) is 1. The van der Waals surface area contributed by atoms with Gasteiger partial charge in [0.25, 0.3) is 0 Å². The Hall–Kier alpha value is -3.07. The van der Waals surface area contributed by atoms with E-state index in [1.807, 2.05) is 50.5 Å². The highest BCUT2D eigenvalue weighted by Gasteiger charge is 2.40. The third-order valence-electron chi connectivity index (χ3n) is 6.01. The standard InChI is InChI=1S/C24H29N5O3S/c1-14(2)20(23-28-27-16(4)32-23)24(31)29-11-5-6-19(29)22(30)25-12-17-7-9-18(10-8-17)21-15(3)26-13-33-21/h7-10,13-14,19-20H,5-6,11-12H2,1-4H3,(H,25,30). The van der Waals surface area contributed by atoms with Gasteiger partial charge in [0.15, 0.2) is 0 Å². The molecular formula is C24H29N5O3S. The molecule has 0 radical (unpaired) electrons. The summed E-state index contributed by atoms with van der Waals surface area (Å²) < 4.78 is 5.56. The number of benzene rings is 1. The van der Waals surface area contributed by atoms with Gasteiger partial charge in [-0.15, -0.1) is 21.5 Å². The topological polar surface area (TPSA) is 101 Å². The minimum absolute atomic E-state index is 0.0256. The average Bonchev–Trinajstić information content (AvgIpc) is 3.53. The number of carbonyl (C=O) groups excluding carboxylic acids is 2. The van der Waals surface area contributed by atoms with Crippen molar-refractivity contribution in [2.75, 3.05) is 6.54 Å². The van der Waals surface area contributed by atoms with E-state index < -0.39 is 12.0 Å². The molecule has 174 valence electrons. The Morgan fingerprint density at radius 3 is 2.58 bits per heavy atom. The van der Waals surface area contributed by atoms with Crippen LogP contribution in [0, 0.1) is 19.8 Å². The Balaban J connectivity index is 1.40. The zero-order valence-corrected chi connectivity index (χ0v) is 20.2. The van der Waals surface area contributed by atoms with Gasteiger partial charge in [0, 0.05) is 20.0 Å². The summed E-state index contributed by atoms with van der Waals surface area (Å²) in [4.78, 5) is 33.5. The summed E-state index contributed by atoms with van der Waals surface area (Å²) in [6.07, 6.45) is 1.44. The Morgan fingerprint density at radius 1 is 1.21 bits per heavy atom. The molecule has 1 N–H and O–H groups in total. The maximum absolute atomic E-state index is 13.4. The van der Waals surface area contributed by atoms with Gasteiger partial charge in [-0.2, -0.15) is 0 Å². The molecule has 0 saturated carbocycles. The molecule has 2 unspecified atom stereocenters. The molecule has 0 bridgehead atoms. The average molecular weight is 468 g/mol. The van der Waals surface area contributed by atoms with Crippen LogP contribution in [0.2, 0.25) is 0 Å². The van der Waals surface area contributed by atoms with Crippen LogP contribution in [0.4, 0.5) is 0 Å². The van der Waals surface area contributed by atoms with Gasteiger partial charge in [-0.3, -0.25) is 9.59 Å². The number of nitrogens with zero attached hydrogens (tertiary/aromatic N) is 4. The van der Waals surface area contributed by atoms with Crippen LogP contribution in [0.25, 0.3) is 10.4 Å². The van der Waals surface area contributed by atoms with Gasteiger partial charge in [0.05, 0.1) is 16.1 Å². The fourth-order valence-corrected chi connectivity index (χ4v) is 5.07. The van der Waals surface area contributed by atoms with Crippen molar-refractivity contribution in [3.63, 3.8) is 0 Å². The van der Waals surface area contributed by atoms with Crippen LogP contribution in [0.3, 0.4) is 0 Å². The normalized spacial score (nSPS) is 16.9. The van der Waals surface area contributed by atoms with Gasteiger partial charge in [0.2, 0.25) is 23.6 Å². The molecule has 4 rings (SSSR count). The van der Waals surface area contributed by atoms with Crippen molar-refractivity contribution in [3.8, 4) is 10.4 Å². The van der Waals surface area contributed by atoms with Crippen molar-refractivity contribution in [1.82, 2.24) is 25.4 Å². The number of hydrogen-bond donors (Lipinski definition) is 1. The summed E-state index contributed by atoms with van der Waals surface area (Å²) in [5.74, 6) is -0.0989. The second-order valence-electron chi connectivity index (χ2n) is 8.75. The first kappa shape index (κ1) is 23.1. The second-order valence-corrected chi connectivity index (χ2v) is 9.61. The number of amides is 2. The summed E-state index contributed by atoms with van der Waals surface area (Å²) in [5, 5.41) is 11.0. The molecule has 2 aromatic heterocycles. The molecule has 1 saturated heterocycles. The van der Waals surface area contributed by atoms with Gasteiger partial charge in [-0.25, -0.2) is 4.98 Å². The molecule has 1 aliphatic rings. The third kappa shape index (κ3) is 4.98. The van der Waals surface area contributed by atoms with Crippen molar-refractivity contribution in [3.05, 3.63) is 52.8 Å². The van der Waals surface area contributed by atoms with E-state index in [0.717, 1.165) is 28.1 Å². The number of likely N-dealkylation sites (tertiary alicyclic amines) is 1. The lowest BCUT2D eigenvalue weighted by Gasteiger charge is -2.28. The van der Waals surface area contributed by atoms with E-state index in [0.29, 0.717) is 31.3 Å². The maximum Gasteiger partial charge on any atom is 0.243 e. The van der Waals surface area contributed by atoms with Gasteiger partial charge >= 0.3 is 0 Å². The summed E-state index contributed by atoms with van der Waals surface area (Å²) in [6, 6.07) is 7.64. The first-order valence-corrected chi connectivity index (χ1v) is 12.1. The molecule has 3 aromatic rings. The predicted octanol–water partition coefficient (Wildman–Crippen LogP) is 3.86. The lowest BCUT2D eigenvalue weighted by atomic mass is 9.94. The van der Waals surface area contributed by atoms with Crippen molar-refractivity contribution >= 4 is 23.2 Å². The van der Waals surface area contributed by atoms with Crippen LogP contribution in [0.1, 0.15) is 55.6 Å². The molecule has 1 fully saturated rings. The molecule has 2 atom stereocenters. The SMILES string of the molecule is Cc1nnc(C(C(=O)N2CCCC2C(=O)NCc2ccc(-c3scnc3C)cc2)C(C)C)o1. The molecule has 9 heteroatoms. The first-order valence-electron chi connectivity index (χ1n) is 11.2. The molecule has 33 heavy (non-hydrogen) atoms. The van der Waals surface area contributed by atoms with E-state index in [4.69, 9.17) is 4.42 Å². The summed E-state index contributed by atoms with van der Waals surface area (Å²) in [6.45, 7) is 8.56. The fourth-order valence-electron chi connectivity index (χ4n) is 4.26. The van der Waals surface area contributed by atoms with Crippen molar-refractivity contribution in [2.24, 2.45) is 5.92 Å². The smallest absolute Gasteiger partial charge is 0.243 e. The molecular weight excluding hydrogens is 438 g/mol.